The quantitative estimate of drug-likeness (QED) is 0.655. The molecule has 0 bridgehead atoms. The zero-order valence-corrected chi connectivity index (χ0v) is 6.03. The number of nitrogens with zero attached hydrogens (tertiary/aromatic N) is 2. The molecule has 4 heteroatoms. The van der Waals surface area contributed by atoms with Gasteiger partial charge < -0.3 is 5.73 Å². The highest BCUT2D eigenvalue weighted by Crippen LogP contribution is 1.97. The van der Waals surface area contributed by atoms with Crippen molar-refractivity contribution < 1.29 is 4.79 Å². The molecule has 0 aliphatic carbocycles. The van der Waals surface area contributed by atoms with Crippen molar-refractivity contribution in [2.24, 2.45) is 5.73 Å². The number of nitrogens with two attached hydrogens (primary N) is 1. The Labute approximate surface area is 64.4 Å². The lowest BCUT2D eigenvalue weighted by atomic mass is 10.2. The van der Waals surface area contributed by atoms with Gasteiger partial charge in [0, 0.05) is 12.6 Å². The molecule has 0 atom stereocenters. The van der Waals surface area contributed by atoms with Gasteiger partial charge in [0.15, 0.2) is 0 Å². The molecule has 1 aromatic rings. The molecule has 1 rings (SSSR count). The number of aromatic nitrogens is 2. The Morgan fingerprint density at radius 3 is 2.91 bits per heavy atom. The molecule has 58 valence electrons. The maximum atomic E-state index is 10.4. The van der Waals surface area contributed by atoms with E-state index in [1.807, 2.05) is 6.07 Å². The number of carbonyl (C=O) groups excluding carboxylic acids is 1. The molecule has 0 spiro atoms. The fraction of sp³-hybridized carbons (Fsp3) is 0.286. The fourth-order valence-electron chi connectivity index (χ4n) is 0.734. The van der Waals surface area contributed by atoms with Gasteiger partial charge >= 0.3 is 0 Å². The van der Waals surface area contributed by atoms with E-state index < -0.39 is 0 Å². The van der Waals surface area contributed by atoms with Crippen molar-refractivity contribution in [1.29, 1.82) is 0 Å². The number of rotatable bonds is 3. The van der Waals surface area contributed by atoms with Crippen molar-refractivity contribution in [3.63, 3.8) is 0 Å². The Morgan fingerprint density at radius 1 is 1.55 bits per heavy atom. The summed E-state index contributed by atoms with van der Waals surface area (Å²) in [5.74, 6) is -0.290. The third-order valence-electron chi connectivity index (χ3n) is 1.31. The van der Waals surface area contributed by atoms with E-state index in [-0.39, 0.29) is 5.91 Å². The third kappa shape index (κ3) is 2.75. The van der Waals surface area contributed by atoms with Crippen LogP contribution in [0.3, 0.4) is 0 Å². The summed E-state index contributed by atoms with van der Waals surface area (Å²) in [6, 6.07) is 1.82. The minimum absolute atomic E-state index is 0.290. The summed E-state index contributed by atoms with van der Waals surface area (Å²) in [6.45, 7) is 0. The second-order valence-electron chi connectivity index (χ2n) is 2.22. The van der Waals surface area contributed by atoms with E-state index in [2.05, 4.69) is 10.2 Å². The first-order valence-corrected chi connectivity index (χ1v) is 3.33. The smallest absolute Gasteiger partial charge is 0.217 e. The standard InChI is InChI=1S/C7H9N3O/c8-7(11)2-1-6-3-4-9-10-5-6/h3-5H,1-2H2,(H2,8,11). The van der Waals surface area contributed by atoms with Gasteiger partial charge in [0.2, 0.25) is 5.91 Å². The van der Waals surface area contributed by atoms with Crippen LogP contribution in [0.25, 0.3) is 0 Å². The van der Waals surface area contributed by atoms with Gasteiger partial charge in [-0.3, -0.25) is 4.79 Å². The van der Waals surface area contributed by atoms with Crippen molar-refractivity contribution in [3.8, 4) is 0 Å². The van der Waals surface area contributed by atoms with Crippen molar-refractivity contribution in [2.45, 2.75) is 12.8 Å². The van der Waals surface area contributed by atoms with Gasteiger partial charge in [-0.25, -0.2) is 0 Å². The summed E-state index contributed by atoms with van der Waals surface area (Å²) in [5, 5.41) is 7.27. The summed E-state index contributed by atoms with van der Waals surface area (Å²) >= 11 is 0. The van der Waals surface area contributed by atoms with Crippen LogP contribution in [0.2, 0.25) is 0 Å². The monoisotopic (exact) mass is 151 g/mol. The van der Waals surface area contributed by atoms with Crippen LogP contribution in [-0.4, -0.2) is 16.1 Å². The largest absolute Gasteiger partial charge is 0.370 e. The van der Waals surface area contributed by atoms with Crippen LogP contribution in [0.5, 0.6) is 0 Å². The predicted octanol–water partition coefficient (Wildman–Crippen LogP) is -0.106. The van der Waals surface area contributed by atoms with Gasteiger partial charge in [-0.2, -0.15) is 10.2 Å². The highest BCUT2D eigenvalue weighted by Gasteiger charge is 1.95. The van der Waals surface area contributed by atoms with E-state index >= 15 is 0 Å². The number of hydrogen-bond donors (Lipinski definition) is 1. The Morgan fingerprint density at radius 2 is 2.36 bits per heavy atom. The molecule has 0 fully saturated rings. The molecule has 0 unspecified atom stereocenters. The first kappa shape index (κ1) is 7.65. The summed E-state index contributed by atoms with van der Waals surface area (Å²) < 4.78 is 0. The summed E-state index contributed by atoms with van der Waals surface area (Å²) in [6.07, 6.45) is 4.23. The summed E-state index contributed by atoms with van der Waals surface area (Å²) in [4.78, 5) is 10.4. The van der Waals surface area contributed by atoms with Gasteiger partial charge in [-0.05, 0) is 18.1 Å². The Kier molecular flexibility index (Phi) is 2.54. The average Bonchev–Trinajstić information content (AvgIpc) is 2.03. The van der Waals surface area contributed by atoms with Crippen LogP contribution < -0.4 is 5.73 Å². The molecule has 0 radical (unpaired) electrons. The summed E-state index contributed by atoms with van der Waals surface area (Å²) in [5.41, 5.74) is 5.95. The number of hydrogen-bond acceptors (Lipinski definition) is 3. The van der Waals surface area contributed by atoms with Crippen LogP contribution in [-0.2, 0) is 11.2 Å². The van der Waals surface area contributed by atoms with Crippen molar-refractivity contribution in [3.05, 3.63) is 24.0 Å². The number of amides is 1. The lowest BCUT2D eigenvalue weighted by molar-refractivity contribution is -0.117. The minimum Gasteiger partial charge on any atom is -0.370 e. The highest BCUT2D eigenvalue weighted by molar-refractivity contribution is 5.73. The van der Waals surface area contributed by atoms with Crippen LogP contribution in [0.4, 0.5) is 0 Å². The average molecular weight is 151 g/mol. The molecule has 2 N–H and O–H groups in total. The molecule has 0 aromatic carbocycles. The molecule has 0 aliphatic heterocycles. The molecule has 1 heterocycles. The maximum Gasteiger partial charge on any atom is 0.217 e. The molecule has 1 aromatic heterocycles. The topological polar surface area (TPSA) is 68.9 Å². The van der Waals surface area contributed by atoms with E-state index in [9.17, 15) is 4.79 Å². The predicted molar refractivity (Wildman–Crippen MR) is 39.5 cm³/mol. The Hall–Kier alpha value is -1.45. The zero-order valence-electron chi connectivity index (χ0n) is 6.03. The molecule has 0 aliphatic rings. The molecule has 0 saturated heterocycles. The first-order valence-electron chi connectivity index (χ1n) is 3.33. The third-order valence-corrected chi connectivity index (χ3v) is 1.31. The second-order valence-corrected chi connectivity index (χ2v) is 2.22. The van der Waals surface area contributed by atoms with E-state index in [0.717, 1.165) is 5.56 Å². The first-order chi connectivity index (χ1) is 5.29. The highest BCUT2D eigenvalue weighted by atomic mass is 16.1. The summed E-state index contributed by atoms with van der Waals surface area (Å²) in [7, 11) is 0. The lowest BCUT2D eigenvalue weighted by Crippen LogP contribution is -2.11. The molecule has 11 heavy (non-hydrogen) atoms. The van der Waals surface area contributed by atoms with Crippen molar-refractivity contribution in [2.75, 3.05) is 0 Å². The molecule has 1 amide bonds. The van der Waals surface area contributed by atoms with Gasteiger partial charge in [0.05, 0.1) is 6.20 Å². The van der Waals surface area contributed by atoms with E-state index in [0.29, 0.717) is 12.8 Å². The number of carbonyl (C=O) groups is 1. The van der Waals surface area contributed by atoms with Crippen LogP contribution in [0, 0.1) is 0 Å². The van der Waals surface area contributed by atoms with E-state index in [4.69, 9.17) is 5.73 Å². The maximum absolute atomic E-state index is 10.4. The van der Waals surface area contributed by atoms with Crippen LogP contribution in [0.1, 0.15) is 12.0 Å². The second kappa shape index (κ2) is 3.65. The Bertz CT molecular complexity index is 235. The fourth-order valence-corrected chi connectivity index (χ4v) is 0.734. The van der Waals surface area contributed by atoms with Crippen molar-refractivity contribution >= 4 is 5.91 Å². The lowest BCUT2D eigenvalue weighted by Gasteiger charge is -1.94. The molecule has 0 saturated carbocycles. The van der Waals surface area contributed by atoms with E-state index in [1.54, 1.807) is 12.4 Å². The van der Waals surface area contributed by atoms with Gasteiger partial charge in [-0.15, -0.1) is 0 Å². The molecular weight excluding hydrogens is 142 g/mol. The zero-order chi connectivity index (χ0) is 8.10. The minimum atomic E-state index is -0.290. The van der Waals surface area contributed by atoms with Crippen LogP contribution >= 0.6 is 0 Å². The van der Waals surface area contributed by atoms with Gasteiger partial charge in [-0.1, -0.05) is 0 Å². The van der Waals surface area contributed by atoms with Crippen LogP contribution in [0.15, 0.2) is 18.5 Å². The van der Waals surface area contributed by atoms with Gasteiger partial charge in [0.1, 0.15) is 0 Å². The number of primary amides is 1. The number of aryl methyl sites for hydroxylation is 1. The SMILES string of the molecule is NC(=O)CCc1ccnnc1. The molecular formula is C7H9N3O. The Balaban J connectivity index is 2.45. The van der Waals surface area contributed by atoms with Crippen molar-refractivity contribution in [1.82, 2.24) is 10.2 Å². The normalized spacial score (nSPS) is 9.45. The van der Waals surface area contributed by atoms with E-state index in [1.165, 1.54) is 0 Å². The molecule has 4 nitrogen and oxygen atoms in total. The van der Waals surface area contributed by atoms with Gasteiger partial charge in [0.25, 0.3) is 0 Å².